The Morgan fingerprint density at radius 2 is 1.68 bits per heavy atom. The van der Waals surface area contributed by atoms with Crippen molar-refractivity contribution in [2.75, 3.05) is 36.0 Å². The summed E-state index contributed by atoms with van der Waals surface area (Å²) in [6.07, 6.45) is -4.61. The average Bonchev–Trinajstić information content (AvgIpc) is 3.15. The first-order valence-corrected chi connectivity index (χ1v) is 11.7. The quantitative estimate of drug-likeness (QED) is 0.162. The number of hydrogen-bond donors (Lipinski definition) is 6. The second-order valence-electron chi connectivity index (χ2n) is 9.29. The predicted octanol–water partition coefficient (Wildman–Crippen LogP) is -2.47. The second-order valence-corrected chi connectivity index (χ2v) is 9.29. The van der Waals surface area contributed by atoms with Crippen LogP contribution in [0.5, 0.6) is 11.6 Å². The molecular weight excluding hydrogens is 546 g/mol. The zero-order chi connectivity index (χ0) is 29.5. The van der Waals surface area contributed by atoms with Crippen molar-refractivity contribution in [1.82, 2.24) is 19.9 Å². The zero-order valence-electron chi connectivity index (χ0n) is 20.8. The Bertz CT molecular complexity index is 1200. The fraction of sp³-hybridized carbons (Fsp3) is 0.500. The molecule has 2 aromatic heterocycles. The molecule has 2 aliphatic heterocycles. The van der Waals surface area contributed by atoms with E-state index in [4.69, 9.17) is 9.47 Å². The number of hydrogen-bond acceptors (Lipinski definition) is 14. The van der Waals surface area contributed by atoms with E-state index in [1.54, 1.807) is 0 Å². The molecule has 0 aliphatic carbocycles. The van der Waals surface area contributed by atoms with E-state index >= 15 is 0 Å². The van der Waals surface area contributed by atoms with Crippen LogP contribution in [0, 0.1) is 5.92 Å². The van der Waals surface area contributed by atoms with Crippen molar-refractivity contribution in [3.8, 4) is 11.6 Å². The van der Waals surface area contributed by atoms with Gasteiger partial charge in [0.25, 0.3) is 11.8 Å². The third-order valence-corrected chi connectivity index (χ3v) is 5.89. The molecule has 0 radical (unpaired) electrons. The molecule has 16 nitrogen and oxygen atoms in total. The molecule has 2 amide bonds. The first-order valence-electron chi connectivity index (χ1n) is 11.7. The van der Waals surface area contributed by atoms with Gasteiger partial charge in [-0.1, -0.05) is 0 Å². The standard InChI is InChI=1S/C22H26F2N6O10/c1-20(23,24)11-39-16-3-2-14(8-25-16)40-15-4-5-29(18(15)32)13-6-26-19(27-7-13)28-9-12(10-28)17(31)30(21(33,34)35)22(36,37)38/h2-3,6-8,12,15,33-38H,4-5,9-11H2,1H3/t15-/m1/s1. The minimum absolute atomic E-state index is 0.0210. The smallest absolute Gasteiger partial charge is 0.378 e. The van der Waals surface area contributed by atoms with Crippen LogP contribution in [0.3, 0.4) is 0 Å². The summed E-state index contributed by atoms with van der Waals surface area (Å²) in [4.78, 5) is 39.5. The Morgan fingerprint density at radius 3 is 2.20 bits per heavy atom. The maximum absolute atomic E-state index is 12.9. The number of alkyl halides is 2. The Hall–Kier alpha value is -3.81. The summed E-state index contributed by atoms with van der Waals surface area (Å²) in [6.45, 7) is -0.0776. The number of aliphatic hydroxyl groups is 6. The van der Waals surface area contributed by atoms with Crippen LogP contribution in [0.1, 0.15) is 13.3 Å². The molecule has 0 unspecified atom stereocenters. The molecule has 218 valence electrons. The molecule has 40 heavy (non-hydrogen) atoms. The van der Waals surface area contributed by atoms with E-state index in [1.165, 1.54) is 40.5 Å². The number of halogens is 2. The van der Waals surface area contributed by atoms with Gasteiger partial charge in [-0.3, -0.25) is 9.59 Å². The fourth-order valence-corrected chi connectivity index (χ4v) is 4.00. The lowest BCUT2D eigenvalue weighted by atomic mass is 9.99. The molecule has 0 bridgehead atoms. The van der Waals surface area contributed by atoms with Crippen molar-refractivity contribution in [2.24, 2.45) is 5.92 Å². The molecular formula is C22H26F2N6O10. The Morgan fingerprint density at radius 1 is 1.05 bits per heavy atom. The van der Waals surface area contributed by atoms with E-state index in [0.717, 1.165) is 6.92 Å². The first kappa shape index (κ1) is 29.2. The van der Waals surface area contributed by atoms with E-state index in [1.807, 2.05) is 0 Å². The van der Waals surface area contributed by atoms with Crippen molar-refractivity contribution >= 4 is 23.5 Å². The van der Waals surface area contributed by atoms with Gasteiger partial charge in [0.05, 0.1) is 30.2 Å². The molecule has 0 aromatic carbocycles. The highest BCUT2D eigenvalue weighted by Gasteiger charge is 2.52. The average molecular weight is 572 g/mol. The molecule has 2 aliphatic rings. The van der Waals surface area contributed by atoms with E-state index in [2.05, 4.69) is 15.0 Å². The van der Waals surface area contributed by atoms with Gasteiger partial charge < -0.3 is 49.9 Å². The lowest BCUT2D eigenvalue weighted by molar-refractivity contribution is -0.494. The number of carbonyl (C=O) groups excluding carboxylic acids is 2. The Balaban J connectivity index is 1.31. The van der Waals surface area contributed by atoms with Gasteiger partial charge >= 0.3 is 12.2 Å². The molecule has 18 heteroatoms. The van der Waals surface area contributed by atoms with E-state index in [9.17, 15) is 49.0 Å². The maximum Gasteiger partial charge on any atom is 0.378 e. The van der Waals surface area contributed by atoms with Gasteiger partial charge in [-0.15, -0.1) is 0 Å². The molecule has 0 saturated carbocycles. The lowest BCUT2D eigenvalue weighted by Crippen LogP contribution is -2.68. The number of rotatable bonds is 10. The highest BCUT2D eigenvalue weighted by atomic mass is 19.3. The highest BCUT2D eigenvalue weighted by molar-refractivity contribution is 5.98. The Labute approximate surface area is 224 Å². The van der Waals surface area contributed by atoms with Gasteiger partial charge in [0.2, 0.25) is 17.7 Å². The van der Waals surface area contributed by atoms with Crippen molar-refractivity contribution < 1.29 is 58.5 Å². The van der Waals surface area contributed by atoms with E-state index in [0.29, 0.717) is 18.7 Å². The fourth-order valence-electron chi connectivity index (χ4n) is 4.00. The van der Waals surface area contributed by atoms with Crippen LogP contribution >= 0.6 is 0 Å². The van der Waals surface area contributed by atoms with Crippen molar-refractivity contribution in [3.05, 3.63) is 30.7 Å². The number of ether oxygens (including phenoxy) is 2. The SMILES string of the molecule is CC(F)(F)COc1ccc(O[C@@H]2CCN(c3cnc(N4CC(C(=O)N(C(O)(O)O)C(O)(O)O)C4)nc3)C2=O)cn1. The molecule has 4 heterocycles. The number of anilines is 2. The summed E-state index contributed by atoms with van der Waals surface area (Å²) in [7, 11) is 0. The number of pyridine rings is 1. The first-order chi connectivity index (χ1) is 18.5. The lowest BCUT2D eigenvalue weighted by Gasteiger charge is -2.43. The molecule has 2 saturated heterocycles. The van der Waals surface area contributed by atoms with Gasteiger partial charge in [0.15, 0.2) is 12.7 Å². The minimum Gasteiger partial charge on any atom is -0.479 e. The maximum atomic E-state index is 12.9. The summed E-state index contributed by atoms with van der Waals surface area (Å²) in [5.41, 5.74) is 0.359. The summed E-state index contributed by atoms with van der Waals surface area (Å²) >= 11 is 0. The van der Waals surface area contributed by atoms with Crippen molar-refractivity contribution in [3.63, 3.8) is 0 Å². The van der Waals surface area contributed by atoms with Gasteiger partial charge in [0, 0.05) is 39.0 Å². The normalized spacial score (nSPS) is 18.5. The molecule has 2 aromatic rings. The summed E-state index contributed by atoms with van der Waals surface area (Å²) in [5, 5.41) is 55.0. The Kier molecular flexibility index (Phi) is 7.76. The van der Waals surface area contributed by atoms with Crippen molar-refractivity contribution in [2.45, 2.75) is 37.6 Å². The number of aromatic nitrogens is 3. The largest absolute Gasteiger partial charge is 0.479 e. The number of nitrogens with zero attached hydrogens (tertiary/aromatic N) is 6. The molecule has 2 fully saturated rings. The van der Waals surface area contributed by atoms with Crippen LogP contribution in [0.15, 0.2) is 30.7 Å². The minimum atomic E-state index is -4.04. The van der Waals surface area contributed by atoms with Crippen LogP contribution < -0.4 is 19.3 Å². The number of carbonyl (C=O) groups is 2. The topological polar surface area (TPSA) is 222 Å². The third kappa shape index (κ3) is 6.66. The monoisotopic (exact) mass is 572 g/mol. The van der Waals surface area contributed by atoms with Crippen LogP contribution in [0.2, 0.25) is 0 Å². The van der Waals surface area contributed by atoms with Crippen LogP contribution in [0.25, 0.3) is 0 Å². The van der Waals surface area contributed by atoms with Crippen molar-refractivity contribution in [1.29, 1.82) is 0 Å². The van der Waals surface area contributed by atoms with E-state index < -0.39 is 47.6 Å². The zero-order valence-corrected chi connectivity index (χ0v) is 20.8. The van der Waals surface area contributed by atoms with Crippen LogP contribution in [0.4, 0.5) is 20.4 Å². The van der Waals surface area contributed by atoms with E-state index in [-0.39, 0.29) is 36.6 Å². The molecule has 4 rings (SSSR count). The summed E-state index contributed by atoms with van der Waals surface area (Å²) < 4.78 is 36.4. The molecule has 6 N–H and O–H groups in total. The van der Waals surface area contributed by atoms with Gasteiger partial charge in [-0.05, 0) is 6.07 Å². The van der Waals surface area contributed by atoms with Crippen LogP contribution in [-0.2, 0) is 9.59 Å². The molecule has 0 spiro atoms. The van der Waals surface area contributed by atoms with Crippen LogP contribution in [-0.4, -0.2) is 113 Å². The third-order valence-electron chi connectivity index (χ3n) is 5.89. The second kappa shape index (κ2) is 10.6. The van der Waals surface area contributed by atoms with Gasteiger partial charge in [0.1, 0.15) is 5.75 Å². The molecule has 1 atom stereocenters. The number of amides is 2. The van der Waals surface area contributed by atoms with Gasteiger partial charge in [-0.2, -0.15) is 4.90 Å². The van der Waals surface area contributed by atoms with Gasteiger partial charge in [-0.25, -0.2) is 23.7 Å². The highest BCUT2D eigenvalue weighted by Crippen LogP contribution is 2.29. The predicted molar refractivity (Wildman–Crippen MR) is 125 cm³/mol. The summed E-state index contributed by atoms with van der Waals surface area (Å²) in [5.74, 6) is -5.49. The summed E-state index contributed by atoms with van der Waals surface area (Å²) in [6, 6.07) is 2.79.